The number of esters is 1. The van der Waals surface area contributed by atoms with E-state index in [0.29, 0.717) is 0 Å². The lowest BCUT2D eigenvalue weighted by Crippen LogP contribution is -2.31. The highest BCUT2D eigenvalue weighted by Crippen LogP contribution is 2.28. The molecule has 0 radical (unpaired) electrons. The third kappa shape index (κ3) is 4.10. The molecule has 0 unspecified atom stereocenters. The molecule has 11 heteroatoms. The van der Waals surface area contributed by atoms with Gasteiger partial charge >= 0.3 is 5.97 Å². The molecule has 1 aromatic carbocycles. The number of β-amino-alcohol motifs (C(OH)–C–C–N with tert-alkyl or cyclic N) is 1. The number of nitrogens with two attached hydrogens (primary N) is 1. The van der Waals surface area contributed by atoms with Gasteiger partial charge in [0.1, 0.15) is 10.6 Å². The molecule has 0 aliphatic carbocycles. The van der Waals surface area contributed by atoms with Crippen LogP contribution in [0.4, 0.5) is 5.69 Å². The van der Waals surface area contributed by atoms with Gasteiger partial charge < -0.3 is 20.1 Å². The van der Waals surface area contributed by atoms with Gasteiger partial charge in [-0.15, -0.1) is 0 Å². The number of nitrogens with zero attached hydrogens (tertiary/aromatic N) is 1. The van der Waals surface area contributed by atoms with Crippen molar-refractivity contribution in [1.29, 1.82) is 0 Å². The Bertz CT molecular complexity index is 852. The number of nitrogens with one attached hydrogen (secondary N) is 1. The number of amides is 1. The van der Waals surface area contributed by atoms with Crippen molar-refractivity contribution in [2.24, 2.45) is 5.14 Å². The number of aliphatic hydroxyl groups is 1. The average molecular weight is 390 g/mol. The number of methoxy groups -OCH3 is 1. The summed E-state index contributed by atoms with van der Waals surface area (Å²) in [5, 5.41) is 17.0. The van der Waals surface area contributed by atoms with E-state index < -0.39 is 21.9 Å². The van der Waals surface area contributed by atoms with Gasteiger partial charge in [-0.2, -0.15) is 0 Å². The summed E-state index contributed by atoms with van der Waals surface area (Å²) in [6, 6.07) is 3.86. The number of hydrogen-bond acceptors (Lipinski definition) is 7. The molecular weight excluding hydrogens is 374 g/mol. The Balaban J connectivity index is 2.49. The van der Waals surface area contributed by atoms with Gasteiger partial charge in [-0.1, -0.05) is 11.6 Å². The van der Waals surface area contributed by atoms with Crippen LogP contribution in [0.2, 0.25) is 5.02 Å². The molecule has 0 atom stereocenters. The Kier molecular flexibility index (Phi) is 5.68. The topological polar surface area (TPSA) is 139 Å². The summed E-state index contributed by atoms with van der Waals surface area (Å²) in [4.78, 5) is 25.3. The van der Waals surface area contributed by atoms with Crippen molar-refractivity contribution in [1.82, 2.24) is 4.90 Å². The number of carbonyl (C=O) groups is 2. The third-order valence-electron chi connectivity index (χ3n) is 3.46. The summed E-state index contributed by atoms with van der Waals surface area (Å²) in [7, 11) is -2.98. The molecule has 9 nitrogen and oxygen atoms in total. The fourth-order valence-corrected chi connectivity index (χ4v) is 3.27. The Morgan fingerprint density at radius 2 is 2.16 bits per heavy atom. The highest BCUT2D eigenvalue weighted by atomic mass is 35.5. The first-order valence-electron chi connectivity index (χ1n) is 7.00. The number of benzene rings is 1. The summed E-state index contributed by atoms with van der Waals surface area (Å²) < 4.78 is 28.1. The first-order valence-corrected chi connectivity index (χ1v) is 8.92. The zero-order valence-corrected chi connectivity index (χ0v) is 14.7. The van der Waals surface area contributed by atoms with Crippen LogP contribution < -0.4 is 10.5 Å². The Morgan fingerprint density at radius 3 is 2.72 bits per heavy atom. The van der Waals surface area contributed by atoms with E-state index >= 15 is 0 Å². The highest BCUT2D eigenvalue weighted by Gasteiger charge is 2.35. The van der Waals surface area contributed by atoms with Gasteiger partial charge in [-0.3, -0.25) is 4.79 Å². The van der Waals surface area contributed by atoms with Crippen molar-refractivity contribution in [3.8, 4) is 0 Å². The number of aliphatic hydroxyl groups excluding tert-OH is 1. The van der Waals surface area contributed by atoms with E-state index in [9.17, 15) is 18.0 Å². The molecule has 25 heavy (non-hydrogen) atoms. The van der Waals surface area contributed by atoms with Gasteiger partial charge in [-0.25, -0.2) is 18.4 Å². The highest BCUT2D eigenvalue weighted by molar-refractivity contribution is 7.89. The van der Waals surface area contributed by atoms with E-state index in [0.717, 1.165) is 13.2 Å². The summed E-state index contributed by atoms with van der Waals surface area (Å²) in [6.07, 6.45) is 0. The summed E-state index contributed by atoms with van der Waals surface area (Å²) in [6.45, 7) is -0.364. The molecule has 1 amide bonds. The summed E-state index contributed by atoms with van der Waals surface area (Å²) >= 11 is 5.80. The Morgan fingerprint density at radius 1 is 1.48 bits per heavy atom. The number of halogens is 1. The monoisotopic (exact) mass is 389 g/mol. The third-order valence-corrected chi connectivity index (χ3v) is 4.65. The van der Waals surface area contributed by atoms with E-state index in [1.807, 2.05) is 0 Å². The van der Waals surface area contributed by atoms with Crippen LogP contribution in [0, 0.1) is 0 Å². The van der Waals surface area contributed by atoms with Crippen LogP contribution in [0.25, 0.3) is 0 Å². The molecule has 0 saturated heterocycles. The van der Waals surface area contributed by atoms with Crippen LogP contribution >= 0.6 is 11.6 Å². The lowest BCUT2D eigenvalue weighted by Gasteiger charge is -2.15. The van der Waals surface area contributed by atoms with Gasteiger partial charge in [0.05, 0.1) is 31.5 Å². The lowest BCUT2D eigenvalue weighted by molar-refractivity contribution is -0.136. The van der Waals surface area contributed by atoms with E-state index in [-0.39, 0.29) is 46.6 Å². The van der Waals surface area contributed by atoms with Crippen molar-refractivity contribution in [3.63, 3.8) is 0 Å². The predicted molar refractivity (Wildman–Crippen MR) is 89.2 cm³/mol. The maximum atomic E-state index is 12.4. The minimum atomic E-state index is -4.13. The molecular formula is C14H16ClN3O6S. The molecule has 0 aromatic heterocycles. The average Bonchev–Trinajstić information content (AvgIpc) is 2.84. The summed E-state index contributed by atoms with van der Waals surface area (Å²) in [5.41, 5.74) is -0.147. The number of carbonyl (C=O) groups excluding carboxylic acids is 2. The molecule has 1 aromatic rings. The van der Waals surface area contributed by atoms with Crippen LogP contribution in [0.15, 0.2) is 34.4 Å². The van der Waals surface area contributed by atoms with Crippen LogP contribution in [-0.2, 0) is 24.3 Å². The molecule has 0 bridgehead atoms. The second-order valence-electron chi connectivity index (χ2n) is 5.11. The predicted octanol–water partition coefficient (Wildman–Crippen LogP) is -0.339. The molecule has 2 rings (SSSR count). The second-order valence-corrected chi connectivity index (χ2v) is 7.07. The van der Waals surface area contributed by atoms with Gasteiger partial charge in [-0.05, 0) is 18.2 Å². The maximum Gasteiger partial charge on any atom is 0.337 e. The fraction of sp³-hybridized carbons (Fsp3) is 0.286. The molecule has 0 fully saturated rings. The second kappa shape index (κ2) is 7.40. The zero-order valence-electron chi connectivity index (χ0n) is 13.2. The lowest BCUT2D eigenvalue weighted by atomic mass is 10.2. The number of rotatable bonds is 6. The van der Waals surface area contributed by atoms with Crippen LogP contribution in [0.3, 0.4) is 0 Å². The Hall–Kier alpha value is -2.14. The molecule has 1 heterocycles. The number of hydrogen-bond donors (Lipinski definition) is 3. The van der Waals surface area contributed by atoms with Crippen molar-refractivity contribution in [2.75, 3.05) is 32.1 Å². The number of anilines is 1. The van der Waals surface area contributed by atoms with Crippen LogP contribution in [0.1, 0.15) is 0 Å². The number of ether oxygens (including phenoxy) is 1. The van der Waals surface area contributed by atoms with Gasteiger partial charge in [0.15, 0.2) is 0 Å². The van der Waals surface area contributed by atoms with Crippen molar-refractivity contribution < 1.29 is 27.9 Å². The van der Waals surface area contributed by atoms with Crippen LogP contribution in [0.5, 0.6) is 0 Å². The number of sulfonamides is 1. The largest absolute Gasteiger partial charge is 0.466 e. The number of primary sulfonamides is 1. The molecule has 0 saturated carbocycles. The van der Waals surface area contributed by atoms with Gasteiger partial charge in [0.2, 0.25) is 10.0 Å². The molecule has 1 aliphatic rings. The van der Waals surface area contributed by atoms with E-state index in [1.54, 1.807) is 0 Å². The Labute approximate surface area is 149 Å². The molecule has 0 spiro atoms. The van der Waals surface area contributed by atoms with Crippen molar-refractivity contribution in [2.45, 2.75) is 4.90 Å². The standard InChI is InChI=1S/C14H16ClN3O6S/c1-24-14(21)9-7-18(4-5-19)13(20)12(9)17-10-3-2-8(15)6-11(10)25(16,22)23/h2-3,6,17,19H,4-5,7H2,1H3,(H2,16,22,23). The van der Waals surface area contributed by atoms with E-state index in [1.165, 1.54) is 17.0 Å². The van der Waals surface area contributed by atoms with Crippen molar-refractivity contribution >= 4 is 39.2 Å². The van der Waals surface area contributed by atoms with E-state index in [4.69, 9.17) is 21.8 Å². The SMILES string of the molecule is COC(=O)C1=C(Nc2ccc(Cl)cc2S(N)(=O)=O)C(=O)N(CCO)C1. The first-order chi connectivity index (χ1) is 11.7. The molecule has 4 N–H and O–H groups in total. The van der Waals surface area contributed by atoms with Crippen molar-refractivity contribution in [3.05, 3.63) is 34.5 Å². The minimum Gasteiger partial charge on any atom is -0.466 e. The zero-order chi connectivity index (χ0) is 18.8. The quantitative estimate of drug-likeness (QED) is 0.565. The normalized spacial score (nSPS) is 14.9. The van der Waals surface area contributed by atoms with E-state index in [2.05, 4.69) is 10.1 Å². The maximum absolute atomic E-state index is 12.4. The van der Waals surface area contributed by atoms with Gasteiger partial charge in [0.25, 0.3) is 5.91 Å². The first kappa shape index (κ1) is 19.2. The smallest absolute Gasteiger partial charge is 0.337 e. The minimum absolute atomic E-state index is 0.00711. The summed E-state index contributed by atoms with van der Waals surface area (Å²) in [5.74, 6) is -1.33. The molecule has 136 valence electrons. The fourth-order valence-electron chi connectivity index (χ4n) is 2.32. The molecule has 1 aliphatic heterocycles. The van der Waals surface area contributed by atoms with Gasteiger partial charge in [0, 0.05) is 11.6 Å². The van der Waals surface area contributed by atoms with Crippen LogP contribution in [-0.4, -0.2) is 57.1 Å².